The van der Waals surface area contributed by atoms with Gasteiger partial charge in [0.05, 0.1) is 12.1 Å². The Hall–Kier alpha value is -1.85. The molecule has 2 atom stereocenters. The molecule has 106 valence electrons. The van der Waals surface area contributed by atoms with E-state index >= 15 is 0 Å². The summed E-state index contributed by atoms with van der Waals surface area (Å²) in [5.41, 5.74) is 8.15. The van der Waals surface area contributed by atoms with Crippen LogP contribution in [0, 0.1) is 0 Å². The molecule has 0 bridgehead atoms. The number of carbonyl (C=O) groups excluding carboxylic acids is 1. The van der Waals surface area contributed by atoms with E-state index in [9.17, 15) is 9.90 Å². The second kappa shape index (κ2) is 5.26. The van der Waals surface area contributed by atoms with Crippen LogP contribution >= 0.6 is 0 Å². The summed E-state index contributed by atoms with van der Waals surface area (Å²) < 4.78 is 0. The molecule has 1 aromatic heterocycles. The molecule has 0 saturated carbocycles. The highest BCUT2D eigenvalue weighted by atomic mass is 16.3. The second-order valence-corrected chi connectivity index (χ2v) is 5.40. The standard InChI is InChI=1S/C15H19N3O2/c16-13(15(20)18-6-5-11(19)9-18)7-10-8-17-14-4-2-1-3-12(10)14/h1-4,8,11,13,17,19H,5-7,9,16H2/t11?,13-/m1/s1. The van der Waals surface area contributed by atoms with Crippen LogP contribution in [-0.4, -0.2) is 46.1 Å². The average Bonchev–Trinajstić information content (AvgIpc) is 3.05. The molecule has 0 spiro atoms. The van der Waals surface area contributed by atoms with Gasteiger partial charge in [0.1, 0.15) is 0 Å². The minimum absolute atomic E-state index is 0.0770. The first-order chi connectivity index (χ1) is 9.65. The number of nitrogens with zero attached hydrogens (tertiary/aromatic N) is 1. The number of para-hydroxylation sites is 1. The first-order valence-corrected chi connectivity index (χ1v) is 6.92. The van der Waals surface area contributed by atoms with Crippen LogP contribution in [0.5, 0.6) is 0 Å². The van der Waals surface area contributed by atoms with Crippen LogP contribution in [0.25, 0.3) is 10.9 Å². The van der Waals surface area contributed by atoms with E-state index in [1.165, 1.54) is 0 Å². The summed E-state index contributed by atoms with van der Waals surface area (Å²) in [7, 11) is 0. The summed E-state index contributed by atoms with van der Waals surface area (Å²) in [6.07, 6.45) is 2.66. The van der Waals surface area contributed by atoms with Crippen molar-refractivity contribution in [1.82, 2.24) is 9.88 Å². The van der Waals surface area contributed by atoms with Crippen molar-refractivity contribution in [3.63, 3.8) is 0 Å². The van der Waals surface area contributed by atoms with Crippen LogP contribution < -0.4 is 5.73 Å². The lowest BCUT2D eigenvalue weighted by molar-refractivity contribution is -0.131. The van der Waals surface area contributed by atoms with Crippen LogP contribution in [0.1, 0.15) is 12.0 Å². The number of nitrogens with one attached hydrogen (secondary N) is 1. The van der Waals surface area contributed by atoms with Crippen LogP contribution in [-0.2, 0) is 11.2 Å². The zero-order valence-corrected chi connectivity index (χ0v) is 11.2. The lowest BCUT2D eigenvalue weighted by Gasteiger charge is -2.20. The average molecular weight is 273 g/mol. The minimum atomic E-state index is -0.556. The maximum atomic E-state index is 12.2. The fraction of sp³-hybridized carbons (Fsp3) is 0.400. The van der Waals surface area contributed by atoms with Gasteiger partial charge in [0.2, 0.25) is 5.91 Å². The topological polar surface area (TPSA) is 82.4 Å². The number of rotatable bonds is 3. The maximum Gasteiger partial charge on any atom is 0.239 e. The van der Waals surface area contributed by atoms with Gasteiger partial charge in [-0.3, -0.25) is 4.79 Å². The van der Waals surface area contributed by atoms with Crippen LogP contribution in [0.15, 0.2) is 30.5 Å². The Morgan fingerprint density at radius 1 is 1.50 bits per heavy atom. The van der Waals surface area contributed by atoms with Gasteiger partial charge < -0.3 is 20.7 Å². The van der Waals surface area contributed by atoms with Crippen molar-refractivity contribution in [1.29, 1.82) is 0 Å². The Kier molecular flexibility index (Phi) is 3.46. The number of aromatic amines is 1. The predicted molar refractivity (Wildman–Crippen MR) is 77.2 cm³/mol. The van der Waals surface area contributed by atoms with Crippen molar-refractivity contribution in [2.24, 2.45) is 5.73 Å². The summed E-state index contributed by atoms with van der Waals surface area (Å²) in [5.74, 6) is -0.0770. The molecule has 2 heterocycles. The molecule has 0 radical (unpaired) electrons. The number of aliphatic hydroxyl groups is 1. The number of aliphatic hydroxyl groups excluding tert-OH is 1. The molecule has 1 fully saturated rings. The number of β-amino-alcohol motifs (C(OH)–C–C–N with tert-alkyl or cyclic N) is 1. The first kappa shape index (κ1) is 13.1. The van der Waals surface area contributed by atoms with Crippen LogP contribution in [0.4, 0.5) is 0 Å². The van der Waals surface area contributed by atoms with E-state index in [4.69, 9.17) is 5.73 Å². The van der Waals surface area contributed by atoms with Gasteiger partial charge in [-0.25, -0.2) is 0 Å². The van der Waals surface area contributed by atoms with Crippen molar-refractivity contribution < 1.29 is 9.90 Å². The third-order valence-corrected chi connectivity index (χ3v) is 3.91. The number of likely N-dealkylation sites (tertiary alicyclic amines) is 1. The van der Waals surface area contributed by atoms with Gasteiger partial charge in [-0.2, -0.15) is 0 Å². The van der Waals surface area contributed by atoms with E-state index in [-0.39, 0.29) is 5.91 Å². The molecule has 1 amide bonds. The number of aromatic nitrogens is 1. The number of benzene rings is 1. The van der Waals surface area contributed by atoms with Crippen LogP contribution in [0.2, 0.25) is 0 Å². The van der Waals surface area contributed by atoms with Crippen molar-refractivity contribution in [2.45, 2.75) is 25.0 Å². The third-order valence-electron chi connectivity index (χ3n) is 3.91. The van der Waals surface area contributed by atoms with E-state index in [0.29, 0.717) is 25.9 Å². The Morgan fingerprint density at radius 3 is 3.05 bits per heavy atom. The fourth-order valence-corrected chi connectivity index (χ4v) is 2.80. The van der Waals surface area contributed by atoms with Gasteiger partial charge in [0.25, 0.3) is 0 Å². The second-order valence-electron chi connectivity index (χ2n) is 5.40. The molecule has 0 aliphatic carbocycles. The third kappa shape index (κ3) is 2.42. The SMILES string of the molecule is N[C@H](Cc1c[nH]c2ccccc12)C(=O)N1CCC(O)C1. The molecule has 1 unspecified atom stereocenters. The largest absolute Gasteiger partial charge is 0.391 e. The zero-order chi connectivity index (χ0) is 14.1. The molecule has 4 N–H and O–H groups in total. The Morgan fingerprint density at radius 2 is 2.30 bits per heavy atom. The fourth-order valence-electron chi connectivity index (χ4n) is 2.80. The monoisotopic (exact) mass is 273 g/mol. The minimum Gasteiger partial charge on any atom is -0.391 e. The molecular formula is C15H19N3O2. The number of nitrogens with two attached hydrogens (primary N) is 1. The van der Waals surface area contributed by atoms with E-state index < -0.39 is 12.1 Å². The number of hydrogen-bond donors (Lipinski definition) is 3. The number of H-pyrrole nitrogens is 1. The molecule has 1 saturated heterocycles. The lowest BCUT2D eigenvalue weighted by atomic mass is 10.0. The number of hydrogen-bond acceptors (Lipinski definition) is 3. The Bertz CT molecular complexity index is 622. The van der Waals surface area contributed by atoms with Crippen LogP contribution in [0.3, 0.4) is 0 Å². The van der Waals surface area contributed by atoms with Crippen molar-refractivity contribution >= 4 is 16.8 Å². The maximum absolute atomic E-state index is 12.2. The van der Waals surface area contributed by atoms with E-state index in [0.717, 1.165) is 16.5 Å². The van der Waals surface area contributed by atoms with Gasteiger partial charge >= 0.3 is 0 Å². The van der Waals surface area contributed by atoms with Gasteiger partial charge in [0.15, 0.2) is 0 Å². The normalized spacial score (nSPS) is 20.5. The quantitative estimate of drug-likeness (QED) is 0.767. The van der Waals surface area contributed by atoms with Crippen molar-refractivity contribution in [3.8, 4) is 0 Å². The molecule has 5 nitrogen and oxygen atoms in total. The van der Waals surface area contributed by atoms with Gasteiger partial charge in [-0.1, -0.05) is 18.2 Å². The summed E-state index contributed by atoms with van der Waals surface area (Å²) in [6, 6.07) is 7.42. The van der Waals surface area contributed by atoms with E-state index in [2.05, 4.69) is 4.98 Å². The molecule has 1 aromatic carbocycles. The van der Waals surface area contributed by atoms with E-state index in [1.54, 1.807) is 4.90 Å². The number of carbonyl (C=O) groups is 1. The summed E-state index contributed by atoms with van der Waals surface area (Å²) in [6.45, 7) is 1.00. The van der Waals surface area contributed by atoms with Crippen molar-refractivity contribution in [3.05, 3.63) is 36.0 Å². The molecule has 20 heavy (non-hydrogen) atoms. The first-order valence-electron chi connectivity index (χ1n) is 6.92. The molecule has 1 aliphatic rings. The summed E-state index contributed by atoms with van der Waals surface area (Å²) in [4.78, 5) is 17.1. The zero-order valence-electron chi connectivity index (χ0n) is 11.2. The molecule has 1 aliphatic heterocycles. The number of fused-ring (bicyclic) bond motifs is 1. The highest BCUT2D eigenvalue weighted by Gasteiger charge is 2.28. The summed E-state index contributed by atoms with van der Waals surface area (Å²) in [5, 5.41) is 10.6. The molecule has 3 rings (SSSR count). The molecule has 2 aromatic rings. The lowest BCUT2D eigenvalue weighted by Crippen LogP contribution is -2.44. The smallest absolute Gasteiger partial charge is 0.239 e. The van der Waals surface area contributed by atoms with E-state index in [1.807, 2.05) is 30.5 Å². The highest BCUT2D eigenvalue weighted by Crippen LogP contribution is 2.19. The molecule has 5 heteroatoms. The predicted octanol–water partition coefficient (Wildman–Crippen LogP) is 0.631. The number of amides is 1. The Balaban J connectivity index is 1.72. The van der Waals surface area contributed by atoms with Crippen molar-refractivity contribution in [2.75, 3.05) is 13.1 Å². The molecular weight excluding hydrogens is 254 g/mol. The van der Waals surface area contributed by atoms with Gasteiger partial charge in [-0.05, 0) is 24.5 Å². The Labute approximate surface area is 117 Å². The van der Waals surface area contributed by atoms with Gasteiger partial charge in [0, 0.05) is 30.2 Å². The highest BCUT2D eigenvalue weighted by molar-refractivity contribution is 5.86. The summed E-state index contributed by atoms with van der Waals surface area (Å²) >= 11 is 0. The van der Waals surface area contributed by atoms with Gasteiger partial charge in [-0.15, -0.1) is 0 Å².